The Morgan fingerprint density at radius 3 is 2.83 bits per heavy atom. The third kappa shape index (κ3) is 6.11. The Kier molecular flexibility index (Phi) is 6.07. The van der Waals surface area contributed by atoms with Crippen LogP contribution in [0.3, 0.4) is 0 Å². The number of nitrogens with one attached hydrogen (secondary N) is 2. The predicted molar refractivity (Wildman–Crippen MR) is 81.7 cm³/mol. The molecule has 0 aliphatic rings. The first-order valence-corrected chi connectivity index (χ1v) is 7.88. The molecule has 0 saturated heterocycles. The van der Waals surface area contributed by atoms with Crippen LogP contribution in [0.4, 0.5) is 13.2 Å². The maximum atomic E-state index is 12.0. The lowest BCUT2D eigenvalue weighted by Gasteiger charge is -2.07. The molecule has 0 saturated carbocycles. The lowest BCUT2D eigenvalue weighted by molar-refractivity contribution is -0.136. The van der Waals surface area contributed by atoms with Gasteiger partial charge >= 0.3 is 6.18 Å². The number of thioether (sulfide) groups is 1. The number of ether oxygens (including phenoxy) is 1. The highest BCUT2D eigenvalue weighted by atomic mass is 32.2. The Labute approximate surface area is 140 Å². The summed E-state index contributed by atoms with van der Waals surface area (Å²) in [6.07, 6.45) is -4.43. The van der Waals surface area contributed by atoms with Crippen LogP contribution in [0.1, 0.15) is 11.4 Å². The molecule has 0 atom stereocenters. The standard InChI is InChI=1S/C14H15F3N4O2S/c1-9-4-2-3-5-10(9)23-6-11-19-13(21-20-11)24-7-12(22)18-8-14(15,16)17/h2-5H,6-8H2,1H3,(H,18,22)(H,19,20,21). The zero-order valence-electron chi connectivity index (χ0n) is 12.7. The van der Waals surface area contributed by atoms with Gasteiger partial charge in [0.05, 0.1) is 5.75 Å². The first kappa shape index (κ1) is 18.1. The predicted octanol–water partition coefficient (Wildman–Crippen LogP) is 2.46. The molecule has 130 valence electrons. The molecule has 0 spiro atoms. The number of aromatic amines is 1. The van der Waals surface area contributed by atoms with Crippen molar-refractivity contribution >= 4 is 17.7 Å². The number of halogens is 3. The van der Waals surface area contributed by atoms with Crippen molar-refractivity contribution in [3.05, 3.63) is 35.7 Å². The van der Waals surface area contributed by atoms with Gasteiger partial charge in [0.25, 0.3) is 0 Å². The Morgan fingerprint density at radius 2 is 2.12 bits per heavy atom. The van der Waals surface area contributed by atoms with Gasteiger partial charge in [-0.25, -0.2) is 4.98 Å². The second-order valence-corrected chi connectivity index (χ2v) is 5.74. The fraction of sp³-hybridized carbons (Fsp3) is 0.357. The fourth-order valence-electron chi connectivity index (χ4n) is 1.65. The quantitative estimate of drug-likeness (QED) is 0.742. The van der Waals surface area contributed by atoms with E-state index in [9.17, 15) is 18.0 Å². The minimum absolute atomic E-state index is 0.165. The minimum atomic E-state index is -4.43. The molecule has 6 nitrogen and oxygen atoms in total. The number of rotatable bonds is 7. The third-order valence-electron chi connectivity index (χ3n) is 2.79. The molecule has 0 bridgehead atoms. The molecule has 1 heterocycles. The van der Waals surface area contributed by atoms with Crippen molar-refractivity contribution < 1.29 is 22.7 Å². The lowest BCUT2D eigenvalue weighted by atomic mass is 10.2. The first-order chi connectivity index (χ1) is 11.3. The molecule has 0 aliphatic carbocycles. The average molecular weight is 360 g/mol. The highest BCUT2D eigenvalue weighted by Gasteiger charge is 2.27. The number of carbonyl (C=O) groups is 1. The molecule has 0 fully saturated rings. The van der Waals surface area contributed by atoms with Crippen LogP contribution in [0, 0.1) is 6.92 Å². The zero-order valence-corrected chi connectivity index (χ0v) is 13.5. The molecule has 2 aromatic rings. The van der Waals surface area contributed by atoms with Gasteiger partial charge in [0.2, 0.25) is 11.1 Å². The molecular weight excluding hydrogens is 345 g/mol. The summed E-state index contributed by atoms with van der Waals surface area (Å²) < 4.78 is 41.5. The van der Waals surface area contributed by atoms with E-state index >= 15 is 0 Å². The number of amides is 1. The van der Waals surface area contributed by atoms with Crippen molar-refractivity contribution in [1.29, 1.82) is 0 Å². The molecule has 0 unspecified atom stereocenters. The summed E-state index contributed by atoms with van der Waals surface area (Å²) in [6, 6.07) is 7.49. The molecule has 10 heteroatoms. The van der Waals surface area contributed by atoms with Crippen LogP contribution in [0.15, 0.2) is 29.4 Å². The van der Waals surface area contributed by atoms with Crippen LogP contribution >= 0.6 is 11.8 Å². The molecule has 1 aromatic heterocycles. The van der Waals surface area contributed by atoms with Crippen LogP contribution in [0.2, 0.25) is 0 Å². The SMILES string of the molecule is Cc1ccccc1OCc1nc(SCC(=O)NCC(F)(F)F)n[nH]1. The van der Waals surface area contributed by atoms with Crippen molar-refractivity contribution in [3.8, 4) is 5.75 Å². The van der Waals surface area contributed by atoms with Gasteiger partial charge in [-0.1, -0.05) is 30.0 Å². The number of aromatic nitrogens is 3. The van der Waals surface area contributed by atoms with Gasteiger partial charge in [-0.15, -0.1) is 5.10 Å². The van der Waals surface area contributed by atoms with E-state index in [-0.39, 0.29) is 17.5 Å². The summed E-state index contributed by atoms with van der Waals surface area (Å²) in [6.45, 7) is 0.727. The number of alkyl halides is 3. The number of aryl methyl sites for hydroxylation is 1. The highest BCUT2D eigenvalue weighted by Crippen LogP contribution is 2.18. The second-order valence-electron chi connectivity index (χ2n) is 4.80. The van der Waals surface area contributed by atoms with Gasteiger partial charge < -0.3 is 10.1 Å². The number of benzene rings is 1. The molecule has 0 radical (unpaired) electrons. The maximum Gasteiger partial charge on any atom is 0.405 e. The number of nitrogens with zero attached hydrogens (tertiary/aromatic N) is 2. The average Bonchev–Trinajstić information content (AvgIpc) is 2.97. The van der Waals surface area contributed by atoms with Gasteiger partial charge in [0, 0.05) is 0 Å². The molecular formula is C14H15F3N4O2S. The van der Waals surface area contributed by atoms with Crippen molar-refractivity contribution in [1.82, 2.24) is 20.5 Å². The zero-order chi connectivity index (χ0) is 17.6. The van der Waals surface area contributed by atoms with E-state index in [0.29, 0.717) is 5.82 Å². The Morgan fingerprint density at radius 1 is 1.38 bits per heavy atom. The van der Waals surface area contributed by atoms with Crippen molar-refractivity contribution in [2.24, 2.45) is 0 Å². The summed E-state index contributed by atoms with van der Waals surface area (Å²) in [5.41, 5.74) is 0.980. The summed E-state index contributed by atoms with van der Waals surface area (Å²) in [7, 11) is 0. The Hall–Kier alpha value is -2.23. The van der Waals surface area contributed by atoms with E-state index in [1.807, 2.05) is 31.2 Å². The van der Waals surface area contributed by atoms with Crippen LogP contribution in [0.5, 0.6) is 5.75 Å². The summed E-state index contributed by atoms with van der Waals surface area (Å²) >= 11 is 0.936. The Balaban J connectivity index is 1.77. The van der Waals surface area contributed by atoms with Crippen LogP contribution in [0.25, 0.3) is 0 Å². The smallest absolute Gasteiger partial charge is 0.405 e. The topological polar surface area (TPSA) is 79.9 Å². The number of para-hydroxylation sites is 1. The summed E-state index contributed by atoms with van der Waals surface area (Å²) in [5.74, 6) is 0.234. The summed E-state index contributed by atoms with van der Waals surface area (Å²) in [5, 5.41) is 8.57. The van der Waals surface area contributed by atoms with E-state index in [0.717, 1.165) is 23.1 Å². The normalized spacial score (nSPS) is 11.3. The molecule has 2 N–H and O–H groups in total. The van der Waals surface area contributed by atoms with E-state index in [1.165, 1.54) is 0 Å². The third-order valence-corrected chi connectivity index (χ3v) is 3.63. The first-order valence-electron chi connectivity index (χ1n) is 6.89. The molecule has 2 rings (SSSR count). The second kappa shape index (κ2) is 8.04. The van der Waals surface area contributed by atoms with Crippen LogP contribution < -0.4 is 10.1 Å². The molecule has 1 amide bonds. The monoisotopic (exact) mass is 360 g/mol. The highest BCUT2D eigenvalue weighted by molar-refractivity contribution is 7.99. The number of H-pyrrole nitrogens is 1. The maximum absolute atomic E-state index is 12.0. The molecule has 0 aliphatic heterocycles. The van der Waals surface area contributed by atoms with Gasteiger partial charge in [0.1, 0.15) is 18.9 Å². The minimum Gasteiger partial charge on any atom is -0.485 e. The van der Waals surface area contributed by atoms with Crippen molar-refractivity contribution in [3.63, 3.8) is 0 Å². The van der Waals surface area contributed by atoms with Crippen molar-refractivity contribution in [2.45, 2.75) is 24.9 Å². The fourth-order valence-corrected chi connectivity index (χ4v) is 2.30. The van der Waals surface area contributed by atoms with E-state index in [2.05, 4.69) is 15.2 Å². The number of carbonyl (C=O) groups excluding carboxylic acids is 1. The largest absolute Gasteiger partial charge is 0.485 e. The Bertz CT molecular complexity index is 691. The van der Waals surface area contributed by atoms with Gasteiger partial charge in [0.15, 0.2) is 5.82 Å². The van der Waals surface area contributed by atoms with Gasteiger partial charge in [-0.05, 0) is 18.6 Å². The van der Waals surface area contributed by atoms with E-state index in [1.54, 1.807) is 5.32 Å². The van der Waals surface area contributed by atoms with Gasteiger partial charge in [-0.2, -0.15) is 13.2 Å². The lowest BCUT2D eigenvalue weighted by Crippen LogP contribution is -2.34. The van der Waals surface area contributed by atoms with E-state index in [4.69, 9.17) is 4.74 Å². The molecule has 1 aromatic carbocycles. The number of hydrogen-bond donors (Lipinski definition) is 2. The summed E-state index contributed by atoms with van der Waals surface area (Å²) in [4.78, 5) is 15.4. The van der Waals surface area contributed by atoms with Gasteiger partial charge in [-0.3, -0.25) is 9.89 Å². The van der Waals surface area contributed by atoms with Crippen molar-refractivity contribution in [2.75, 3.05) is 12.3 Å². The van der Waals surface area contributed by atoms with E-state index < -0.39 is 18.6 Å². The number of hydrogen-bond acceptors (Lipinski definition) is 5. The van der Waals surface area contributed by atoms with Crippen LogP contribution in [-0.4, -0.2) is 39.6 Å². The molecule has 24 heavy (non-hydrogen) atoms. The van der Waals surface area contributed by atoms with Crippen LogP contribution in [-0.2, 0) is 11.4 Å².